The van der Waals surface area contributed by atoms with Gasteiger partial charge in [-0.1, -0.05) is 126 Å². The summed E-state index contributed by atoms with van der Waals surface area (Å²) in [6, 6.07) is 28.9. The molecule has 0 aliphatic carbocycles. The number of rotatable bonds is 16. The van der Waals surface area contributed by atoms with E-state index in [1.54, 1.807) is 0 Å². The van der Waals surface area contributed by atoms with Crippen molar-refractivity contribution in [3.05, 3.63) is 108 Å². The number of nitrogens with one attached hydrogen (secondary N) is 1. The van der Waals surface area contributed by atoms with Gasteiger partial charge in [-0.3, -0.25) is 4.79 Å². The van der Waals surface area contributed by atoms with Crippen molar-refractivity contribution in [2.24, 2.45) is 0 Å². The molecule has 3 aromatic carbocycles. The van der Waals surface area contributed by atoms with Gasteiger partial charge in [-0.15, -0.1) is 0 Å². The summed E-state index contributed by atoms with van der Waals surface area (Å²) >= 11 is 17.5. The molecule has 0 spiro atoms. The number of halogens is 3. The lowest BCUT2D eigenvalue weighted by atomic mass is 10.1. The lowest BCUT2D eigenvalue weighted by Crippen LogP contribution is -2.51. The normalized spacial score (nSPS) is 14.7. The van der Waals surface area contributed by atoms with Crippen LogP contribution in [0.15, 0.2) is 91.0 Å². The Bertz CT molecular complexity index is 1120. The van der Waals surface area contributed by atoms with Gasteiger partial charge in [-0.05, 0) is 30.5 Å². The van der Waals surface area contributed by atoms with E-state index >= 15 is 0 Å². The van der Waals surface area contributed by atoms with Crippen LogP contribution >= 0.6 is 34.8 Å². The van der Waals surface area contributed by atoms with Gasteiger partial charge in [0.1, 0.15) is 6.10 Å². The van der Waals surface area contributed by atoms with Gasteiger partial charge < -0.3 is 24.3 Å². The fourth-order valence-electron chi connectivity index (χ4n) is 3.86. The second-order valence-electron chi connectivity index (χ2n) is 9.46. The molecule has 3 aromatic rings. The van der Waals surface area contributed by atoms with Crippen LogP contribution in [-0.4, -0.2) is 47.3 Å². The fourth-order valence-corrected chi connectivity index (χ4v) is 4.02. The van der Waals surface area contributed by atoms with Crippen molar-refractivity contribution in [3.63, 3.8) is 0 Å². The van der Waals surface area contributed by atoms with Crippen LogP contribution in [-0.2, 0) is 43.6 Å². The fraction of sp³-hybridized carbons (Fsp3) is 0.387. The topological polar surface area (TPSA) is 66.0 Å². The molecule has 1 amide bonds. The van der Waals surface area contributed by atoms with Crippen LogP contribution in [0.4, 0.5) is 0 Å². The molecular formula is C31H36Cl3NO5. The van der Waals surface area contributed by atoms with Crippen LogP contribution < -0.4 is 5.32 Å². The predicted octanol–water partition coefficient (Wildman–Crippen LogP) is 6.65. The molecule has 0 aromatic heterocycles. The summed E-state index contributed by atoms with van der Waals surface area (Å²) in [5.41, 5.74) is 3.10. The van der Waals surface area contributed by atoms with E-state index in [2.05, 4.69) is 5.32 Å². The molecule has 1 N–H and O–H groups in total. The van der Waals surface area contributed by atoms with E-state index in [0.717, 1.165) is 16.7 Å². The van der Waals surface area contributed by atoms with Crippen LogP contribution in [0.25, 0.3) is 0 Å². The molecule has 0 heterocycles. The lowest BCUT2D eigenvalue weighted by Gasteiger charge is -2.32. The number of ether oxygens (including phenoxy) is 4. The van der Waals surface area contributed by atoms with Crippen LogP contribution in [0, 0.1) is 0 Å². The third kappa shape index (κ3) is 11.8. The quantitative estimate of drug-likeness (QED) is 0.184. The first-order valence-corrected chi connectivity index (χ1v) is 14.3. The highest BCUT2D eigenvalue weighted by molar-refractivity contribution is 6.76. The van der Waals surface area contributed by atoms with E-state index in [1.165, 1.54) is 0 Å². The minimum atomic E-state index is -2.12. The molecule has 9 heteroatoms. The van der Waals surface area contributed by atoms with Crippen LogP contribution in [0.3, 0.4) is 0 Å². The second kappa shape index (κ2) is 16.9. The van der Waals surface area contributed by atoms with E-state index in [-0.39, 0.29) is 19.3 Å². The van der Waals surface area contributed by atoms with E-state index in [4.69, 9.17) is 53.8 Å². The van der Waals surface area contributed by atoms with Crippen molar-refractivity contribution in [3.8, 4) is 0 Å². The molecule has 3 rings (SSSR count). The van der Waals surface area contributed by atoms with Gasteiger partial charge >= 0.3 is 0 Å². The molecular weight excluding hydrogens is 573 g/mol. The molecule has 0 saturated carbocycles. The van der Waals surface area contributed by atoms with Gasteiger partial charge in [0.15, 0.2) is 0 Å². The zero-order chi connectivity index (χ0) is 28.8. The van der Waals surface area contributed by atoms with E-state index in [9.17, 15) is 4.79 Å². The van der Waals surface area contributed by atoms with Crippen molar-refractivity contribution >= 4 is 40.7 Å². The average molecular weight is 609 g/mol. The van der Waals surface area contributed by atoms with Gasteiger partial charge in [-0.2, -0.15) is 0 Å². The van der Waals surface area contributed by atoms with Crippen molar-refractivity contribution in [2.75, 3.05) is 13.2 Å². The summed E-state index contributed by atoms with van der Waals surface area (Å²) in [5.74, 6) is -0.758. The number of carbonyl (C=O) groups is 1. The Morgan fingerprint density at radius 1 is 0.700 bits per heavy atom. The second-order valence-corrected chi connectivity index (χ2v) is 11.7. The van der Waals surface area contributed by atoms with Crippen molar-refractivity contribution in [1.29, 1.82) is 0 Å². The number of benzene rings is 3. The molecule has 0 saturated heterocycles. The third-order valence-electron chi connectivity index (χ3n) is 6.21. The Kier molecular flexibility index (Phi) is 13.7. The maximum atomic E-state index is 12.6. The lowest BCUT2D eigenvalue weighted by molar-refractivity contribution is -0.140. The van der Waals surface area contributed by atoms with Gasteiger partial charge in [0.05, 0.1) is 51.3 Å². The molecule has 2 unspecified atom stereocenters. The largest absolute Gasteiger partial charge is 0.375 e. The maximum Gasteiger partial charge on any atom is 0.272 e. The molecule has 0 aliphatic heterocycles. The molecule has 0 aliphatic rings. The first-order valence-electron chi connectivity index (χ1n) is 13.1. The first-order chi connectivity index (χ1) is 19.2. The summed E-state index contributed by atoms with van der Waals surface area (Å²) in [5, 5.41) is 2.76. The summed E-state index contributed by atoms with van der Waals surface area (Å²) in [6.45, 7) is 5.38. The summed E-state index contributed by atoms with van der Waals surface area (Å²) < 4.78 is 22.4. The molecule has 0 bridgehead atoms. The third-order valence-corrected chi connectivity index (χ3v) is 6.73. The van der Waals surface area contributed by atoms with Crippen LogP contribution in [0.2, 0.25) is 0 Å². The Balaban J connectivity index is 1.67. The smallest absolute Gasteiger partial charge is 0.272 e. The van der Waals surface area contributed by atoms with Crippen molar-refractivity contribution in [2.45, 2.75) is 61.8 Å². The van der Waals surface area contributed by atoms with Crippen LogP contribution in [0.5, 0.6) is 0 Å². The predicted molar refractivity (Wildman–Crippen MR) is 159 cm³/mol. The van der Waals surface area contributed by atoms with Crippen LogP contribution in [0.1, 0.15) is 30.5 Å². The Labute approximate surface area is 251 Å². The first kappa shape index (κ1) is 32.4. The monoisotopic (exact) mass is 607 g/mol. The van der Waals surface area contributed by atoms with Crippen molar-refractivity contribution in [1.82, 2.24) is 5.32 Å². The Morgan fingerprint density at radius 3 is 1.62 bits per heavy atom. The molecule has 216 valence electrons. The molecule has 6 nitrogen and oxygen atoms in total. The standard InChI is InChI=1S/C31H36Cl3NO5/c1-23(28(35-30(36)31(32,33)34)21-37-18-25-12-6-3-7-13-25)40-29(22-38-19-26-14-8-4-9-15-26)24(2)39-20-27-16-10-5-11-17-27/h3-17,23-24,28-29H,18-22H2,1-2H3,(H,35,36)/t23?,24-,28+,29?/m1/s1. The van der Waals surface area contributed by atoms with Gasteiger partial charge in [-0.25, -0.2) is 0 Å². The van der Waals surface area contributed by atoms with Gasteiger partial charge in [0.2, 0.25) is 0 Å². The van der Waals surface area contributed by atoms with E-state index < -0.39 is 27.9 Å². The minimum Gasteiger partial charge on any atom is -0.375 e. The summed E-state index contributed by atoms with van der Waals surface area (Å²) in [4.78, 5) is 12.6. The number of hydrogen-bond acceptors (Lipinski definition) is 5. The van der Waals surface area contributed by atoms with Crippen molar-refractivity contribution < 1.29 is 23.7 Å². The number of hydrogen-bond donors (Lipinski definition) is 1. The average Bonchev–Trinajstić information content (AvgIpc) is 2.96. The highest BCUT2D eigenvalue weighted by Gasteiger charge is 2.35. The highest BCUT2D eigenvalue weighted by atomic mass is 35.6. The maximum absolute atomic E-state index is 12.6. The minimum absolute atomic E-state index is 0.138. The van der Waals surface area contributed by atoms with Gasteiger partial charge in [0, 0.05) is 0 Å². The molecule has 0 fully saturated rings. The molecule has 40 heavy (non-hydrogen) atoms. The zero-order valence-electron chi connectivity index (χ0n) is 22.7. The molecule has 0 radical (unpaired) electrons. The number of amides is 1. The van der Waals surface area contributed by atoms with E-state index in [0.29, 0.717) is 19.8 Å². The van der Waals surface area contributed by atoms with E-state index in [1.807, 2.05) is 105 Å². The number of alkyl halides is 3. The number of carbonyl (C=O) groups excluding carboxylic acids is 1. The summed E-state index contributed by atoms with van der Waals surface area (Å²) in [7, 11) is 0. The SMILES string of the molecule is CC(OC(COCc1ccccc1)[C@@H](C)OCc1ccccc1)[C@H](COCc1ccccc1)NC(=O)C(Cl)(Cl)Cl. The Morgan fingerprint density at radius 2 is 1.15 bits per heavy atom. The highest BCUT2D eigenvalue weighted by Crippen LogP contribution is 2.26. The summed E-state index contributed by atoms with van der Waals surface area (Å²) in [6.07, 6.45) is -1.31. The Hall–Kier alpha value is -2.16. The van der Waals surface area contributed by atoms with Gasteiger partial charge in [0.25, 0.3) is 9.70 Å². The molecule has 4 atom stereocenters. The zero-order valence-corrected chi connectivity index (χ0v) is 24.9.